The van der Waals surface area contributed by atoms with Crippen molar-refractivity contribution in [2.45, 2.75) is 9.79 Å². The summed E-state index contributed by atoms with van der Waals surface area (Å²) in [5.41, 5.74) is 0.641. The molecule has 0 N–H and O–H groups in total. The molecule has 2 nitrogen and oxygen atoms in total. The van der Waals surface area contributed by atoms with Crippen LogP contribution < -0.4 is 4.74 Å². The summed E-state index contributed by atoms with van der Waals surface area (Å²) in [6, 6.07) is 15.6. The lowest BCUT2D eigenvalue weighted by atomic mass is 10.2. The summed E-state index contributed by atoms with van der Waals surface area (Å²) in [7, 11) is 1.65. The second kappa shape index (κ2) is 5.94. The molecule has 0 radical (unpaired) electrons. The van der Waals surface area contributed by atoms with Crippen LogP contribution >= 0.6 is 27.7 Å². The van der Waals surface area contributed by atoms with Crippen LogP contribution in [0.25, 0.3) is 0 Å². The quantitative estimate of drug-likeness (QED) is 0.836. The van der Waals surface area contributed by atoms with Crippen LogP contribution in [0, 0.1) is 11.3 Å². The third kappa shape index (κ3) is 3.06. The second-order valence-corrected chi connectivity index (χ2v) is 5.57. The molecule has 0 aliphatic rings. The number of nitrogens with zero attached hydrogens (tertiary/aromatic N) is 1. The Hall–Kier alpha value is -1.44. The maximum atomic E-state index is 8.95. The van der Waals surface area contributed by atoms with Gasteiger partial charge in [0.1, 0.15) is 5.75 Å². The van der Waals surface area contributed by atoms with E-state index >= 15 is 0 Å². The SMILES string of the molecule is COc1ccccc1Sc1cc(Br)cc(C#N)c1. The van der Waals surface area contributed by atoms with Crippen LogP contribution in [0.2, 0.25) is 0 Å². The van der Waals surface area contributed by atoms with Crippen LogP contribution in [0.4, 0.5) is 0 Å². The zero-order valence-electron chi connectivity index (χ0n) is 9.68. The molecule has 0 amide bonds. The molecule has 18 heavy (non-hydrogen) atoms. The molecule has 0 atom stereocenters. The molecule has 4 heteroatoms. The number of nitriles is 1. The minimum Gasteiger partial charge on any atom is -0.496 e. The van der Waals surface area contributed by atoms with Gasteiger partial charge in [-0.3, -0.25) is 0 Å². The Bertz CT molecular complexity index is 607. The van der Waals surface area contributed by atoms with Gasteiger partial charge in [-0.15, -0.1) is 0 Å². The van der Waals surface area contributed by atoms with E-state index in [-0.39, 0.29) is 0 Å². The number of benzene rings is 2. The highest BCUT2D eigenvalue weighted by Gasteiger charge is 2.06. The Morgan fingerprint density at radius 3 is 2.72 bits per heavy atom. The fourth-order valence-electron chi connectivity index (χ4n) is 1.52. The van der Waals surface area contributed by atoms with Crippen molar-refractivity contribution >= 4 is 27.7 Å². The van der Waals surface area contributed by atoms with Gasteiger partial charge in [0.2, 0.25) is 0 Å². The van der Waals surface area contributed by atoms with E-state index < -0.39 is 0 Å². The molecular weight excluding hydrogens is 310 g/mol. The van der Waals surface area contributed by atoms with E-state index in [1.54, 1.807) is 24.9 Å². The van der Waals surface area contributed by atoms with Crippen molar-refractivity contribution in [3.63, 3.8) is 0 Å². The average molecular weight is 320 g/mol. The van der Waals surface area contributed by atoms with Crippen molar-refractivity contribution in [1.29, 1.82) is 5.26 Å². The molecule has 0 unspecified atom stereocenters. The smallest absolute Gasteiger partial charge is 0.132 e. The molecule has 0 aromatic heterocycles. The van der Waals surface area contributed by atoms with Gasteiger partial charge in [-0.25, -0.2) is 0 Å². The van der Waals surface area contributed by atoms with Gasteiger partial charge in [-0.1, -0.05) is 39.8 Å². The van der Waals surface area contributed by atoms with E-state index in [9.17, 15) is 0 Å². The molecule has 90 valence electrons. The summed E-state index contributed by atoms with van der Waals surface area (Å²) < 4.78 is 6.21. The lowest BCUT2D eigenvalue weighted by Crippen LogP contribution is -1.85. The van der Waals surface area contributed by atoms with Crippen molar-refractivity contribution in [2.75, 3.05) is 7.11 Å². The zero-order chi connectivity index (χ0) is 13.0. The fraction of sp³-hybridized carbons (Fsp3) is 0.0714. The van der Waals surface area contributed by atoms with E-state index in [0.29, 0.717) is 5.56 Å². The summed E-state index contributed by atoms with van der Waals surface area (Å²) in [6.07, 6.45) is 0. The highest BCUT2D eigenvalue weighted by atomic mass is 79.9. The zero-order valence-corrected chi connectivity index (χ0v) is 12.1. The fourth-order valence-corrected chi connectivity index (χ4v) is 3.19. The summed E-state index contributed by atoms with van der Waals surface area (Å²) in [6.45, 7) is 0. The number of para-hydroxylation sites is 1. The van der Waals surface area contributed by atoms with Gasteiger partial charge in [0.15, 0.2) is 0 Å². The largest absolute Gasteiger partial charge is 0.496 e. The van der Waals surface area contributed by atoms with Crippen LogP contribution in [0.5, 0.6) is 5.75 Å². The first-order chi connectivity index (χ1) is 8.72. The molecule has 0 spiro atoms. The second-order valence-electron chi connectivity index (χ2n) is 3.54. The van der Waals surface area contributed by atoms with E-state index in [0.717, 1.165) is 20.0 Å². The third-order valence-electron chi connectivity index (χ3n) is 2.30. The molecule has 0 bridgehead atoms. The predicted octanol–water partition coefficient (Wildman–Crippen LogP) is 4.48. The van der Waals surface area contributed by atoms with Gasteiger partial charge in [0, 0.05) is 9.37 Å². The Morgan fingerprint density at radius 2 is 2.00 bits per heavy atom. The van der Waals surface area contributed by atoms with Crippen LogP contribution in [-0.4, -0.2) is 7.11 Å². The van der Waals surface area contributed by atoms with Crippen LogP contribution in [0.3, 0.4) is 0 Å². The summed E-state index contributed by atoms with van der Waals surface area (Å²) >= 11 is 4.98. The first-order valence-electron chi connectivity index (χ1n) is 5.24. The summed E-state index contributed by atoms with van der Waals surface area (Å²) in [5, 5.41) is 8.95. The van der Waals surface area contributed by atoms with Crippen molar-refractivity contribution in [1.82, 2.24) is 0 Å². The molecule has 0 heterocycles. The van der Waals surface area contributed by atoms with E-state index in [2.05, 4.69) is 22.0 Å². The normalized spacial score (nSPS) is 9.83. The maximum Gasteiger partial charge on any atom is 0.132 e. The topological polar surface area (TPSA) is 33.0 Å². The first kappa shape index (κ1) is 13.0. The predicted molar refractivity (Wildman–Crippen MR) is 76.0 cm³/mol. The lowest BCUT2D eigenvalue weighted by Gasteiger charge is -2.08. The van der Waals surface area contributed by atoms with E-state index in [1.807, 2.05) is 36.4 Å². The number of hydrogen-bond donors (Lipinski definition) is 0. The summed E-state index contributed by atoms with van der Waals surface area (Å²) in [4.78, 5) is 2.03. The van der Waals surface area contributed by atoms with Crippen LogP contribution in [0.15, 0.2) is 56.7 Å². The molecule has 0 fully saturated rings. The first-order valence-corrected chi connectivity index (χ1v) is 6.85. The van der Waals surface area contributed by atoms with E-state index in [1.165, 1.54) is 0 Å². The monoisotopic (exact) mass is 319 g/mol. The molecule has 0 saturated carbocycles. The van der Waals surface area contributed by atoms with Gasteiger partial charge < -0.3 is 4.74 Å². The molecule has 2 aromatic rings. The minimum absolute atomic E-state index is 0.641. The standard InChI is InChI=1S/C14H10BrNOS/c1-17-13-4-2-3-5-14(13)18-12-7-10(9-16)6-11(15)8-12/h2-8H,1H3. The highest BCUT2D eigenvalue weighted by molar-refractivity contribution is 9.10. The Kier molecular flexibility index (Phi) is 4.29. The number of halogens is 1. The van der Waals surface area contributed by atoms with Gasteiger partial charge in [-0.2, -0.15) is 5.26 Å². The maximum absolute atomic E-state index is 8.95. The molecule has 0 saturated heterocycles. The van der Waals surface area contributed by atoms with Gasteiger partial charge in [0.25, 0.3) is 0 Å². The van der Waals surface area contributed by atoms with Gasteiger partial charge in [0.05, 0.1) is 23.6 Å². The third-order valence-corrected chi connectivity index (χ3v) is 3.78. The van der Waals surface area contributed by atoms with Gasteiger partial charge in [-0.05, 0) is 30.3 Å². The number of methoxy groups -OCH3 is 1. The van der Waals surface area contributed by atoms with Crippen molar-refractivity contribution in [3.05, 3.63) is 52.5 Å². The van der Waals surface area contributed by atoms with Crippen LogP contribution in [0.1, 0.15) is 5.56 Å². The average Bonchev–Trinajstić information content (AvgIpc) is 2.38. The Morgan fingerprint density at radius 1 is 1.22 bits per heavy atom. The van der Waals surface area contributed by atoms with Crippen molar-refractivity contribution in [3.8, 4) is 11.8 Å². The summed E-state index contributed by atoms with van der Waals surface area (Å²) in [5.74, 6) is 0.834. The molecule has 2 aromatic carbocycles. The lowest BCUT2D eigenvalue weighted by molar-refractivity contribution is 0.405. The molecule has 2 rings (SSSR count). The van der Waals surface area contributed by atoms with Crippen molar-refractivity contribution in [2.24, 2.45) is 0 Å². The van der Waals surface area contributed by atoms with E-state index in [4.69, 9.17) is 10.00 Å². The number of ether oxygens (including phenoxy) is 1. The highest BCUT2D eigenvalue weighted by Crippen LogP contribution is 2.36. The Balaban J connectivity index is 2.34. The Labute approximate surface area is 119 Å². The minimum atomic E-state index is 0.641. The van der Waals surface area contributed by atoms with Crippen molar-refractivity contribution < 1.29 is 4.74 Å². The molecule has 0 aliphatic heterocycles. The van der Waals surface area contributed by atoms with Crippen LogP contribution in [-0.2, 0) is 0 Å². The number of hydrogen-bond acceptors (Lipinski definition) is 3. The number of rotatable bonds is 3. The van der Waals surface area contributed by atoms with Gasteiger partial charge >= 0.3 is 0 Å². The molecule has 0 aliphatic carbocycles. The molecular formula is C14H10BrNOS.